The van der Waals surface area contributed by atoms with Crippen LogP contribution in [0.15, 0.2) is 47.4 Å². The number of ether oxygens (including phenoxy) is 3. The maximum absolute atomic E-state index is 13.1. The number of methoxy groups -OCH3 is 1. The minimum Gasteiger partial charge on any atom is -0.495 e. The van der Waals surface area contributed by atoms with Gasteiger partial charge in [0.2, 0.25) is 10.0 Å². The maximum Gasteiger partial charge on any atom is 0.262 e. The Labute approximate surface area is 201 Å². The fourth-order valence-electron chi connectivity index (χ4n) is 4.50. The van der Waals surface area contributed by atoms with Crippen molar-refractivity contribution in [2.75, 3.05) is 45.3 Å². The van der Waals surface area contributed by atoms with Gasteiger partial charge in [-0.05, 0) is 54.7 Å². The van der Waals surface area contributed by atoms with Crippen molar-refractivity contribution in [3.05, 3.63) is 48.0 Å². The van der Waals surface area contributed by atoms with Gasteiger partial charge in [0.05, 0.1) is 20.3 Å². The average molecular weight is 489 g/mol. The predicted molar refractivity (Wildman–Crippen MR) is 129 cm³/mol. The first-order valence-electron chi connectivity index (χ1n) is 11.8. The molecule has 8 nitrogen and oxygen atoms in total. The second kappa shape index (κ2) is 11.2. The summed E-state index contributed by atoms with van der Waals surface area (Å²) in [5.74, 6) is 1.08. The average Bonchev–Trinajstić information content (AvgIpc) is 2.89. The van der Waals surface area contributed by atoms with Crippen LogP contribution in [0.1, 0.15) is 43.6 Å². The van der Waals surface area contributed by atoms with Crippen molar-refractivity contribution in [2.45, 2.75) is 42.9 Å². The van der Waals surface area contributed by atoms with E-state index in [9.17, 15) is 13.2 Å². The van der Waals surface area contributed by atoms with Crippen LogP contribution < -0.4 is 14.8 Å². The van der Waals surface area contributed by atoms with Crippen LogP contribution in [0.2, 0.25) is 0 Å². The number of carbonyl (C=O) groups excluding carboxylic acids is 1. The lowest BCUT2D eigenvalue weighted by Crippen LogP contribution is -2.40. The smallest absolute Gasteiger partial charge is 0.262 e. The fourth-order valence-corrected chi connectivity index (χ4v) is 6.09. The number of anilines is 1. The molecule has 2 aromatic rings. The lowest BCUT2D eigenvalue weighted by molar-refractivity contribution is -0.118. The SMILES string of the molecule is COc1ccc(NC(=O)COc2ccc(C3CCCCC3)cc2)cc1S(=O)(=O)N1CCOCC1. The Balaban J connectivity index is 1.37. The molecule has 9 heteroatoms. The van der Waals surface area contributed by atoms with Gasteiger partial charge in [0, 0.05) is 18.8 Å². The highest BCUT2D eigenvalue weighted by molar-refractivity contribution is 7.89. The predicted octanol–water partition coefficient (Wildman–Crippen LogP) is 3.78. The molecule has 0 spiro atoms. The van der Waals surface area contributed by atoms with E-state index in [0.717, 1.165) is 0 Å². The van der Waals surface area contributed by atoms with Gasteiger partial charge in [-0.1, -0.05) is 31.4 Å². The topological polar surface area (TPSA) is 94.2 Å². The first-order valence-corrected chi connectivity index (χ1v) is 13.2. The summed E-state index contributed by atoms with van der Waals surface area (Å²) in [4.78, 5) is 12.5. The van der Waals surface area contributed by atoms with Crippen LogP contribution in [-0.4, -0.2) is 58.7 Å². The zero-order valence-electron chi connectivity index (χ0n) is 19.5. The van der Waals surface area contributed by atoms with E-state index in [2.05, 4.69) is 17.4 Å². The summed E-state index contributed by atoms with van der Waals surface area (Å²) in [5.41, 5.74) is 1.68. The largest absolute Gasteiger partial charge is 0.495 e. The molecule has 2 aliphatic rings. The first-order chi connectivity index (χ1) is 16.5. The molecule has 0 atom stereocenters. The molecule has 1 N–H and O–H groups in total. The summed E-state index contributed by atoms with van der Waals surface area (Å²) in [7, 11) is -2.37. The summed E-state index contributed by atoms with van der Waals surface area (Å²) in [6.45, 7) is 1.05. The molecule has 1 saturated heterocycles. The van der Waals surface area contributed by atoms with Crippen LogP contribution in [0, 0.1) is 0 Å². The number of hydrogen-bond donors (Lipinski definition) is 1. The Morgan fingerprint density at radius 3 is 2.44 bits per heavy atom. The summed E-state index contributed by atoms with van der Waals surface area (Å²) >= 11 is 0. The quantitative estimate of drug-likeness (QED) is 0.608. The molecular weight excluding hydrogens is 456 g/mol. The third-order valence-electron chi connectivity index (χ3n) is 6.36. The number of amides is 1. The van der Waals surface area contributed by atoms with Crippen molar-refractivity contribution in [1.82, 2.24) is 4.31 Å². The maximum atomic E-state index is 13.1. The van der Waals surface area contributed by atoms with Crippen molar-refractivity contribution < 1.29 is 27.4 Å². The number of carbonyl (C=O) groups is 1. The summed E-state index contributed by atoms with van der Waals surface area (Å²) in [5, 5.41) is 2.71. The Kier molecular flexibility index (Phi) is 8.07. The molecule has 0 bridgehead atoms. The summed E-state index contributed by atoms with van der Waals surface area (Å²) < 4.78 is 43.7. The Hall–Kier alpha value is -2.62. The van der Waals surface area contributed by atoms with Crippen molar-refractivity contribution >= 4 is 21.6 Å². The van der Waals surface area contributed by atoms with Gasteiger partial charge in [0.15, 0.2) is 6.61 Å². The molecule has 2 fully saturated rings. The summed E-state index contributed by atoms with van der Waals surface area (Å²) in [6.07, 6.45) is 6.34. The highest BCUT2D eigenvalue weighted by atomic mass is 32.2. The zero-order valence-corrected chi connectivity index (χ0v) is 20.3. The molecule has 0 aromatic heterocycles. The molecule has 1 heterocycles. The lowest BCUT2D eigenvalue weighted by atomic mass is 9.84. The monoisotopic (exact) mass is 488 g/mol. The minimum atomic E-state index is -3.79. The van der Waals surface area contributed by atoms with Gasteiger partial charge >= 0.3 is 0 Å². The second-order valence-electron chi connectivity index (χ2n) is 8.62. The number of morpholine rings is 1. The van der Waals surface area contributed by atoms with Gasteiger partial charge in [-0.2, -0.15) is 4.31 Å². The molecule has 34 heavy (non-hydrogen) atoms. The van der Waals surface area contributed by atoms with Crippen LogP contribution in [0.3, 0.4) is 0 Å². The van der Waals surface area contributed by atoms with E-state index in [0.29, 0.717) is 30.6 Å². The van der Waals surface area contributed by atoms with E-state index in [1.54, 1.807) is 6.07 Å². The van der Waals surface area contributed by atoms with Gasteiger partial charge < -0.3 is 19.5 Å². The van der Waals surface area contributed by atoms with Crippen LogP contribution in [0.25, 0.3) is 0 Å². The number of benzene rings is 2. The van der Waals surface area contributed by atoms with Crippen LogP contribution >= 0.6 is 0 Å². The van der Waals surface area contributed by atoms with Gasteiger partial charge in [-0.15, -0.1) is 0 Å². The zero-order chi connectivity index (χ0) is 24.0. The number of nitrogens with zero attached hydrogens (tertiary/aromatic N) is 1. The Morgan fingerprint density at radius 1 is 1.06 bits per heavy atom. The normalized spacial score (nSPS) is 17.8. The standard InChI is InChI=1S/C25H32N2O6S/c1-31-23-12-9-21(17-24(23)34(29,30)27-13-15-32-16-14-27)26-25(28)18-33-22-10-7-20(8-11-22)19-5-3-2-4-6-19/h7-12,17,19H,2-6,13-16,18H2,1H3,(H,26,28). The summed E-state index contributed by atoms with van der Waals surface area (Å²) in [6, 6.07) is 12.5. The lowest BCUT2D eigenvalue weighted by Gasteiger charge is -2.26. The third-order valence-corrected chi connectivity index (χ3v) is 8.28. The van der Waals surface area contributed by atoms with Gasteiger partial charge in [0.1, 0.15) is 16.4 Å². The van der Waals surface area contributed by atoms with Crippen LogP contribution in [0.4, 0.5) is 5.69 Å². The Bertz CT molecular complexity index is 1080. The van der Waals surface area contributed by atoms with Crippen molar-refractivity contribution in [2.24, 2.45) is 0 Å². The Morgan fingerprint density at radius 2 is 1.76 bits per heavy atom. The number of rotatable bonds is 8. The molecule has 1 aliphatic heterocycles. The molecule has 0 unspecified atom stereocenters. The highest BCUT2D eigenvalue weighted by Gasteiger charge is 2.29. The van der Waals surface area contributed by atoms with Crippen LogP contribution in [-0.2, 0) is 19.6 Å². The van der Waals surface area contributed by atoms with E-state index in [1.165, 1.54) is 61.2 Å². The van der Waals surface area contributed by atoms with Crippen LogP contribution in [0.5, 0.6) is 11.5 Å². The van der Waals surface area contributed by atoms with E-state index in [4.69, 9.17) is 14.2 Å². The first kappa shape index (κ1) is 24.5. The van der Waals surface area contributed by atoms with E-state index in [-0.39, 0.29) is 36.2 Å². The van der Waals surface area contributed by atoms with E-state index in [1.807, 2.05) is 12.1 Å². The highest BCUT2D eigenvalue weighted by Crippen LogP contribution is 2.33. The molecule has 0 radical (unpaired) electrons. The van der Waals surface area contributed by atoms with Gasteiger partial charge in [0.25, 0.3) is 5.91 Å². The number of nitrogens with one attached hydrogen (secondary N) is 1. The van der Waals surface area contributed by atoms with Gasteiger partial charge in [-0.25, -0.2) is 8.42 Å². The van der Waals surface area contributed by atoms with Crippen molar-refractivity contribution in [3.63, 3.8) is 0 Å². The molecule has 4 rings (SSSR count). The van der Waals surface area contributed by atoms with E-state index >= 15 is 0 Å². The molecule has 1 amide bonds. The molecule has 184 valence electrons. The van der Waals surface area contributed by atoms with Gasteiger partial charge in [-0.3, -0.25) is 4.79 Å². The number of hydrogen-bond acceptors (Lipinski definition) is 6. The van der Waals surface area contributed by atoms with E-state index < -0.39 is 10.0 Å². The minimum absolute atomic E-state index is 0.00826. The molecule has 2 aromatic carbocycles. The number of sulfonamides is 1. The molecular formula is C25H32N2O6S. The molecule has 1 saturated carbocycles. The fraction of sp³-hybridized carbons (Fsp3) is 0.480. The van der Waals surface area contributed by atoms with Crippen molar-refractivity contribution in [3.8, 4) is 11.5 Å². The van der Waals surface area contributed by atoms with Crippen molar-refractivity contribution in [1.29, 1.82) is 0 Å². The third kappa shape index (κ3) is 5.89. The second-order valence-corrected chi connectivity index (χ2v) is 10.5. The molecule has 1 aliphatic carbocycles.